The minimum atomic E-state index is 0.429. The lowest BCUT2D eigenvalue weighted by atomic mass is 10.2. The van der Waals surface area contributed by atoms with Gasteiger partial charge in [-0.15, -0.1) is 0 Å². The predicted octanol–water partition coefficient (Wildman–Crippen LogP) is 3.78. The van der Waals surface area contributed by atoms with Gasteiger partial charge in [0.1, 0.15) is 0 Å². The van der Waals surface area contributed by atoms with Gasteiger partial charge < -0.3 is 10.2 Å². The number of hydrogen-bond acceptors (Lipinski definition) is 2. The number of nitrogens with one attached hydrogen (secondary N) is 1. The topological polar surface area (TPSA) is 18.5 Å². The summed E-state index contributed by atoms with van der Waals surface area (Å²) in [6.45, 7) is 9.05. The van der Waals surface area contributed by atoms with Crippen LogP contribution in [0.25, 0.3) is 0 Å². The molecule has 1 unspecified atom stereocenters. The molecule has 0 bridgehead atoms. The molecule has 0 aromatic heterocycles. The molecule has 1 fully saturated rings. The van der Waals surface area contributed by atoms with Crippen LogP contribution in [0.5, 0.6) is 0 Å². The molecule has 1 saturated heterocycles. The number of benzene rings is 1. The highest BCUT2D eigenvalue weighted by Gasteiger charge is 2.20. The average Bonchev–Trinajstić information content (AvgIpc) is 2.50. The zero-order valence-electron chi connectivity index (χ0n) is 13.1. The molecule has 1 aromatic rings. The first-order valence-corrected chi connectivity index (χ1v) is 8.87. The average molecular weight is 360 g/mol. The van der Waals surface area contributed by atoms with Crippen LogP contribution in [0, 0.1) is 0 Å². The molecule has 0 saturated carbocycles. The van der Waals surface area contributed by atoms with Crippen molar-refractivity contribution in [2.75, 3.05) is 26.2 Å². The first-order chi connectivity index (χ1) is 10.5. The van der Waals surface area contributed by atoms with Crippen molar-refractivity contribution in [1.82, 2.24) is 15.1 Å². The third-order valence-electron chi connectivity index (χ3n) is 4.05. The normalized spacial score (nSPS) is 17.4. The smallest absolute Gasteiger partial charge is 0.169 e. The minimum Gasteiger partial charge on any atom is -0.360 e. The van der Waals surface area contributed by atoms with E-state index in [1.54, 1.807) is 6.07 Å². The van der Waals surface area contributed by atoms with Gasteiger partial charge in [-0.2, -0.15) is 0 Å². The minimum absolute atomic E-state index is 0.429. The second-order valence-electron chi connectivity index (χ2n) is 5.76. The largest absolute Gasteiger partial charge is 0.360 e. The molecular formula is C16H23Cl2N3S. The van der Waals surface area contributed by atoms with Crippen LogP contribution in [0.1, 0.15) is 25.8 Å². The van der Waals surface area contributed by atoms with Crippen molar-refractivity contribution in [2.24, 2.45) is 0 Å². The molecular weight excluding hydrogens is 337 g/mol. The summed E-state index contributed by atoms with van der Waals surface area (Å²) in [4.78, 5) is 4.65. The van der Waals surface area contributed by atoms with Crippen LogP contribution < -0.4 is 5.32 Å². The van der Waals surface area contributed by atoms with E-state index in [4.69, 9.17) is 35.4 Å². The van der Waals surface area contributed by atoms with Gasteiger partial charge in [-0.1, -0.05) is 36.2 Å². The molecule has 1 aliphatic rings. The lowest BCUT2D eigenvalue weighted by Crippen LogP contribution is -2.52. The van der Waals surface area contributed by atoms with Gasteiger partial charge in [0.05, 0.1) is 0 Å². The molecule has 2 rings (SSSR count). The summed E-state index contributed by atoms with van der Waals surface area (Å²) in [7, 11) is 0. The molecule has 3 nitrogen and oxygen atoms in total. The van der Waals surface area contributed by atoms with Crippen LogP contribution >= 0.6 is 35.4 Å². The van der Waals surface area contributed by atoms with E-state index in [2.05, 4.69) is 29.0 Å². The van der Waals surface area contributed by atoms with Crippen molar-refractivity contribution in [3.8, 4) is 0 Å². The Morgan fingerprint density at radius 2 is 1.95 bits per heavy atom. The number of halogens is 2. The Morgan fingerprint density at radius 3 is 2.55 bits per heavy atom. The first-order valence-electron chi connectivity index (χ1n) is 7.71. The van der Waals surface area contributed by atoms with Crippen molar-refractivity contribution in [1.29, 1.82) is 0 Å². The van der Waals surface area contributed by atoms with Crippen molar-refractivity contribution >= 4 is 40.5 Å². The third kappa shape index (κ3) is 4.98. The van der Waals surface area contributed by atoms with Crippen molar-refractivity contribution in [2.45, 2.75) is 32.9 Å². The van der Waals surface area contributed by atoms with Gasteiger partial charge in [0, 0.05) is 48.8 Å². The van der Waals surface area contributed by atoms with E-state index in [0.717, 1.165) is 54.8 Å². The predicted molar refractivity (Wildman–Crippen MR) is 98.8 cm³/mol. The Kier molecular flexibility index (Phi) is 6.75. The van der Waals surface area contributed by atoms with Crippen LogP contribution in [0.2, 0.25) is 10.0 Å². The molecule has 1 atom stereocenters. The molecule has 0 radical (unpaired) electrons. The van der Waals surface area contributed by atoms with E-state index in [1.165, 1.54) is 0 Å². The van der Waals surface area contributed by atoms with E-state index >= 15 is 0 Å². The maximum absolute atomic E-state index is 6.25. The van der Waals surface area contributed by atoms with Crippen LogP contribution in [-0.2, 0) is 6.54 Å². The van der Waals surface area contributed by atoms with Gasteiger partial charge in [-0.05, 0) is 43.3 Å². The molecule has 0 spiro atoms. The van der Waals surface area contributed by atoms with Crippen LogP contribution in [0.3, 0.4) is 0 Å². The second-order valence-corrected chi connectivity index (χ2v) is 6.99. The molecule has 1 N–H and O–H groups in total. The highest BCUT2D eigenvalue weighted by molar-refractivity contribution is 7.80. The number of hydrogen-bond donors (Lipinski definition) is 1. The second kappa shape index (κ2) is 8.34. The molecule has 22 heavy (non-hydrogen) atoms. The summed E-state index contributed by atoms with van der Waals surface area (Å²) in [6.07, 6.45) is 1.08. The van der Waals surface area contributed by atoms with E-state index in [0.29, 0.717) is 11.1 Å². The summed E-state index contributed by atoms with van der Waals surface area (Å²) >= 11 is 17.7. The highest BCUT2D eigenvalue weighted by Crippen LogP contribution is 2.22. The Morgan fingerprint density at radius 1 is 1.27 bits per heavy atom. The van der Waals surface area contributed by atoms with Crippen molar-refractivity contribution < 1.29 is 0 Å². The number of piperazine rings is 1. The Hall–Kier alpha value is -0.550. The maximum Gasteiger partial charge on any atom is 0.169 e. The standard InChI is InChI=1S/C16H23Cl2N3S/c1-3-12(2)19-16(22)21-8-6-20(7-9-21)11-13-4-5-14(17)10-15(13)18/h4-5,10,12H,3,6-9,11H2,1-2H3,(H,19,22). The SMILES string of the molecule is CCC(C)NC(=S)N1CCN(Cc2ccc(Cl)cc2Cl)CC1. The molecule has 6 heteroatoms. The quantitative estimate of drug-likeness (QED) is 0.824. The third-order valence-corrected chi connectivity index (χ3v) is 5.01. The fourth-order valence-electron chi connectivity index (χ4n) is 2.40. The van der Waals surface area contributed by atoms with Crippen LogP contribution in [0.4, 0.5) is 0 Å². The lowest BCUT2D eigenvalue weighted by Gasteiger charge is -2.37. The zero-order valence-corrected chi connectivity index (χ0v) is 15.4. The summed E-state index contributed by atoms with van der Waals surface area (Å²) in [5, 5.41) is 5.68. The summed E-state index contributed by atoms with van der Waals surface area (Å²) in [5.41, 5.74) is 1.12. The van der Waals surface area contributed by atoms with Crippen LogP contribution in [0.15, 0.2) is 18.2 Å². The summed E-state index contributed by atoms with van der Waals surface area (Å²) < 4.78 is 0. The molecule has 1 aromatic carbocycles. The fraction of sp³-hybridized carbons (Fsp3) is 0.562. The van der Waals surface area contributed by atoms with Crippen molar-refractivity contribution in [3.63, 3.8) is 0 Å². The Bertz CT molecular complexity index is 516. The summed E-state index contributed by atoms with van der Waals surface area (Å²) in [5.74, 6) is 0. The number of rotatable bonds is 4. The molecule has 122 valence electrons. The van der Waals surface area contributed by atoms with Crippen LogP contribution in [-0.4, -0.2) is 47.1 Å². The Balaban J connectivity index is 1.83. The highest BCUT2D eigenvalue weighted by atomic mass is 35.5. The van der Waals surface area contributed by atoms with E-state index < -0.39 is 0 Å². The first kappa shape index (κ1) is 17.8. The molecule has 1 aliphatic heterocycles. The monoisotopic (exact) mass is 359 g/mol. The van der Waals surface area contributed by atoms with Gasteiger partial charge in [0.2, 0.25) is 0 Å². The number of nitrogens with zero attached hydrogens (tertiary/aromatic N) is 2. The van der Waals surface area contributed by atoms with E-state index in [-0.39, 0.29) is 0 Å². The molecule has 0 aliphatic carbocycles. The fourth-order valence-corrected chi connectivity index (χ4v) is 3.26. The van der Waals surface area contributed by atoms with Gasteiger partial charge in [-0.25, -0.2) is 0 Å². The number of thiocarbonyl (C=S) groups is 1. The van der Waals surface area contributed by atoms with Gasteiger partial charge >= 0.3 is 0 Å². The van der Waals surface area contributed by atoms with Gasteiger partial charge in [-0.3, -0.25) is 4.90 Å². The van der Waals surface area contributed by atoms with Crippen molar-refractivity contribution in [3.05, 3.63) is 33.8 Å². The lowest BCUT2D eigenvalue weighted by molar-refractivity contribution is 0.174. The molecule has 1 heterocycles. The Labute approximate surface area is 148 Å². The molecule has 0 amide bonds. The van der Waals surface area contributed by atoms with Gasteiger partial charge in [0.25, 0.3) is 0 Å². The van der Waals surface area contributed by atoms with E-state index in [9.17, 15) is 0 Å². The maximum atomic E-state index is 6.25. The van der Waals surface area contributed by atoms with Gasteiger partial charge in [0.15, 0.2) is 5.11 Å². The summed E-state index contributed by atoms with van der Waals surface area (Å²) in [6, 6.07) is 6.13. The van der Waals surface area contributed by atoms with E-state index in [1.807, 2.05) is 12.1 Å². The zero-order chi connectivity index (χ0) is 16.1.